The number of aromatic nitrogens is 3. The topological polar surface area (TPSA) is 118 Å². The number of amides is 4. The standard InChI is InChI=1S/C31H29Cl3N6O4/c1-17-6-7-19(12-26(17)40-30(43)22-4-2-3-5-23(22)31(40)44)29(42)38-10-8-18(9-11-38)28(41)35-15-21-16-39(37-36-21)27-24(33)13-20(32)14-25(27)34/h2-3,6-7,12-14,16,18,22-23H,4-5,8-11,15H2,1H3,(H,35,41). The minimum Gasteiger partial charge on any atom is -0.350 e. The van der Waals surface area contributed by atoms with Crippen molar-refractivity contribution in [2.75, 3.05) is 18.0 Å². The zero-order chi connectivity index (χ0) is 31.1. The number of allylic oxidation sites excluding steroid dienone is 2. The lowest BCUT2D eigenvalue weighted by Gasteiger charge is -2.31. The molecule has 1 N–H and O–H groups in total. The summed E-state index contributed by atoms with van der Waals surface area (Å²) >= 11 is 18.5. The van der Waals surface area contributed by atoms with E-state index in [1.54, 1.807) is 41.4 Å². The second-order valence-electron chi connectivity index (χ2n) is 11.3. The van der Waals surface area contributed by atoms with Crippen LogP contribution < -0.4 is 10.2 Å². The first kappa shape index (κ1) is 30.3. The van der Waals surface area contributed by atoms with Crippen LogP contribution >= 0.6 is 34.8 Å². The lowest BCUT2D eigenvalue weighted by molar-refractivity contribution is -0.126. The first-order valence-electron chi connectivity index (χ1n) is 14.4. The quantitative estimate of drug-likeness (QED) is 0.290. The van der Waals surface area contributed by atoms with Crippen LogP contribution in [0.2, 0.25) is 15.1 Å². The van der Waals surface area contributed by atoms with Crippen LogP contribution in [-0.4, -0.2) is 56.6 Å². The Morgan fingerprint density at radius 3 is 2.23 bits per heavy atom. The molecule has 2 fully saturated rings. The van der Waals surface area contributed by atoms with Crippen LogP contribution in [0.1, 0.15) is 47.3 Å². The maximum Gasteiger partial charge on any atom is 0.253 e. The predicted octanol–water partition coefficient (Wildman–Crippen LogP) is 5.16. The van der Waals surface area contributed by atoms with Gasteiger partial charge < -0.3 is 10.2 Å². The van der Waals surface area contributed by atoms with Crippen LogP contribution in [0.5, 0.6) is 0 Å². The van der Waals surface area contributed by atoms with Crippen LogP contribution in [-0.2, 0) is 20.9 Å². The van der Waals surface area contributed by atoms with Gasteiger partial charge in [-0.15, -0.1) is 5.10 Å². The van der Waals surface area contributed by atoms with E-state index in [9.17, 15) is 19.2 Å². The van der Waals surface area contributed by atoms with Crippen molar-refractivity contribution in [1.29, 1.82) is 0 Å². The van der Waals surface area contributed by atoms with Crippen molar-refractivity contribution in [3.05, 3.63) is 80.6 Å². The molecule has 44 heavy (non-hydrogen) atoms. The number of rotatable bonds is 6. The van der Waals surface area contributed by atoms with Gasteiger partial charge in [0.1, 0.15) is 11.4 Å². The van der Waals surface area contributed by atoms with Crippen molar-refractivity contribution >= 4 is 64.1 Å². The number of hydrogen-bond donors (Lipinski definition) is 1. The maximum absolute atomic E-state index is 13.4. The maximum atomic E-state index is 13.4. The van der Waals surface area contributed by atoms with Crippen molar-refractivity contribution in [2.24, 2.45) is 17.8 Å². The molecule has 0 spiro atoms. The van der Waals surface area contributed by atoms with Gasteiger partial charge in [-0.2, -0.15) is 0 Å². The summed E-state index contributed by atoms with van der Waals surface area (Å²) in [5.74, 6) is -1.69. The highest BCUT2D eigenvalue weighted by Gasteiger charge is 2.48. The van der Waals surface area contributed by atoms with Gasteiger partial charge in [-0.1, -0.05) is 58.2 Å². The Bertz CT molecular complexity index is 1650. The number of anilines is 1. The van der Waals surface area contributed by atoms with Gasteiger partial charge in [-0.25, -0.2) is 9.58 Å². The molecule has 1 aromatic heterocycles. The average Bonchev–Trinajstić information content (AvgIpc) is 3.57. The molecule has 10 nitrogen and oxygen atoms in total. The summed E-state index contributed by atoms with van der Waals surface area (Å²) in [6, 6.07) is 8.25. The molecule has 3 aromatic rings. The lowest BCUT2D eigenvalue weighted by Crippen LogP contribution is -2.43. The third-order valence-electron chi connectivity index (χ3n) is 8.55. The number of piperidine rings is 1. The Kier molecular flexibility index (Phi) is 8.50. The van der Waals surface area contributed by atoms with Crippen molar-refractivity contribution in [3.63, 3.8) is 0 Å². The molecule has 228 valence electrons. The van der Waals surface area contributed by atoms with Gasteiger partial charge in [0.2, 0.25) is 17.7 Å². The number of imide groups is 1. The first-order valence-corrected chi connectivity index (χ1v) is 15.5. The molecule has 2 aromatic carbocycles. The minimum atomic E-state index is -0.344. The van der Waals surface area contributed by atoms with E-state index < -0.39 is 0 Å². The monoisotopic (exact) mass is 654 g/mol. The number of nitrogens with one attached hydrogen (secondary N) is 1. The summed E-state index contributed by atoms with van der Waals surface area (Å²) in [5, 5.41) is 12.1. The molecule has 13 heteroatoms. The Morgan fingerprint density at radius 1 is 0.955 bits per heavy atom. The van der Waals surface area contributed by atoms with Crippen LogP contribution in [0.3, 0.4) is 0 Å². The largest absolute Gasteiger partial charge is 0.350 e. The summed E-state index contributed by atoms with van der Waals surface area (Å²) in [6.07, 6.45) is 7.64. The number of halogens is 3. The number of hydrogen-bond acceptors (Lipinski definition) is 6. The number of aryl methyl sites for hydroxylation is 1. The first-order chi connectivity index (χ1) is 21.1. The predicted molar refractivity (Wildman–Crippen MR) is 166 cm³/mol. The third kappa shape index (κ3) is 5.74. The molecule has 0 bridgehead atoms. The molecule has 0 saturated carbocycles. The molecule has 3 aliphatic rings. The summed E-state index contributed by atoms with van der Waals surface area (Å²) < 4.78 is 1.43. The fourth-order valence-electron chi connectivity index (χ4n) is 6.11. The highest BCUT2D eigenvalue weighted by atomic mass is 35.5. The van der Waals surface area contributed by atoms with Gasteiger partial charge >= 0.3 is 0 Å². The molecule has 0 radical (unpaired) electrons. The average molecular weight is 656 g/mol. The van der Waals surface area contributed by atoms with Gasteiger partial charge in [0.25, 0.3) is 5.91 Å². The number of carbonyl (C=O) groups excluding carboxylic acids is 4. The SMILES string of the molecule is Cc1ccc(C(=O)N2CCC(C(=O)NCc3cn(-c4c(Cl)cc(Cl)cc4Cl)nn3)CC2)cc1N1C(=O)C2CC=CCC2C1=O. The molecule has 4 amide bonds. The molecule has 6 rings (SSSR count). The highest BCUT2D eigenvalue weighted by Crippen LogP contribution is 2.39. The molecule has 2 unspecified atom stereocenters. The van der Waals surface area contributed by atoms with Crippen LogP contribution in [0, 0.1) is 24.7 Å². The molecule has 2 saturated heterocycles. The second-order valence-corrected chi connectivity index (χ2v) is 12.6. The van der Waals surface area contributed by atoms with Crippen molar-refractivity contribution in [1.82, 2.24) is 25.2 Å². The molecular formula is C31H29Cl3N6O4. The second kappa shape index (κ2) is 12.3. The number of benzene rings is 2. The molecule has 2 aliphatic heterocycles. The van der Waals surface area contributed by atoms with Gasteiger partial charge in [-0.3, -0.25) is 19.2 Å². The summed E-state index contributed by atoms with van der Waals surface area (Å²) in [7, 11) is 0. The van der Waals surface area contributed by atoms with Crippen molar-refractivity contribution in [2.45, 2.75) is 39.2 Å². The van der Waals surface area contributed by atoms with Gasteiger partial charge in [0.05, 0.1) is 40.3 Å². The fourth-order valence-corrected chi connectivity index (χ4v) is 7.10. The molecule has 1 aliphatic carbocycles. The minimum absolute atomic E-state index is 0.131. The van der Waals surface area contributed by atoms with Gasteiger partial charge in [0, 0.05) is 29.6 Å². The number of carbonyl (C=O) groups is 4. The normalized spacial score (nSPS) is 20.3. The van der Waals surface area contributed by atoms with Crippen LogP contribution in [0.15, 0.2) is 48.7 Å². The Balaban J connectivity index is 1.05. The third-order valence-corrected chi connectivity index (χ3v) is 9.35. The van der Waals surface area contributed by atoms with E-state index >= 15 is 0 Å². The van der Waals surface area contributed by atoms with Crippen molar-refractivity contribution in [3.8, 4) is 5.69 Å². The fraction of sp³-hybridized carbons (Fsp3) is 0.355. The molecular weight excluding hydrogens is 627 g/mol. The summed E-state index contributed by atoms with van der Waals surface area (Å²) in [6.45, 7) is 2.80. The van der Waals surface area contributed by atoms with E-state index in [0.717, 1.165) is 5.56 Å². The van der Waals surface area contributed by atoms with E-state index in [2.05, 4.69) is 15.6 Å². The Morgan fingerprint density at radius 2 is 1.59 bits per heavy atom. The van der Waals surface area contributed by atoms with Crippen LogP contribution in [0.25, 0.3) is 5.69 Å². The van der Waals surface area contributed by atoms with Crippen LogP contribution in [0.4, 0.5) is 5.69 Å². The van der Waals surface area contributed by atoms with E-state index in [1.807, 2.05) is 19.1 Å². The summed E-state index contributed by atoms with van der Waals surface area (Å²) in [5.41, 5.74) is 2.59. The van der Waals surface area contributed by atoms with E-state index in [-0.39, 0.29) is 47.9 Å². The smallest absolute Gasteiger partial charge is 0.253 e. The Labute approximate surface area is 268 Å². The lowest BCUT2D eigenvalue weighted by atomic mass is 9.85. The summed E-state index contributed by atoms with van der Waals surface area (Å²) in [4.78, 5) is 55.7. The zero-order valence-corrected chi connectivity index (χ0v) is 26.1. The van der Waals surface area contributed by atoms with E-state index in [1.165, 1.54) is 9.58 Å². The molecule has 3 heterocycles. The van der Waals surface area contributed by atoms with Gasteiger partial charge in [-0.05, 0) is 62.4 Å². The zero-order valence-electron chi connectivity index (χ0n) is 23.8. The Hall–Kier alpha value is -3.73. The number of fused-ring (bicyclic) bond motifs is 1. The molecule has 2 atom stereocenters. The number of nitrogens with zero attached hydrogens (tertiary/aromatic N) is 5. The number of likely N-dealkylation sites (tertiary alicyclic amines) is 1. The highest BCUT2D eigenvalue weighted by molar-refractivity contribution is 6.40. The van der Waals surface area contributed by atoms with E-state index in [0.29, 0.717) is 76.5 Å². The van der Waals surface area contributed by atoms with Crippen molar-refractivity contribution < 1.29 is 19.2 Å². The van der Waals surface area contributed by atoms with Gasteiger partial charge in [0.15, 0.2) is 0 Å². The van der Waals surface area contributed by atoms with E-state index in [4.69, 9.17) is 34.8 Å².